The molecule has 0 aliphatic rings. The highest BCUT2D eigenvalue weighted by molar-refractivity contribution is 6.12. The minimum Gasteiger partial charge on any atom is -0.494 e. The first-order valence-corrected chi connectivity index (χ1v) is 9.73. The Kier molecular flexibility index (Phi) is 5.53. The number of carbonyl (C=O) groups excluding carboxylic acids is 1. The lowest BCUT2D eigenvalue weighted by molar-refractivity contribution is 0.102. The first-order valence-electron chi connectivity index (χ1n) is 9.73. The van der Waals surface area contributed by atoms with Crippen molar-refractivity contribution in [2.24, 2.45) is 0 Å². The molecule has 8 heteroatoms. The molecule has 2 heterocycles. The molecule has 0 aliphatic carbocycles. The minimum absolute atomic E-state index is 0.0923. The summed E-state index contributed by atoms with van der Waals surface area (Å²) in [6.45, 7) is 4.23. The van der Waals surface area contributed by atoms with Crippen LogP contribution in [0, 0.1) is 12.7 Å². The lowest BCUT2D eigenvalue weighted by Gasteiger charge is -2.08. The minimum atomic E-state index is -0.473. The van der Waals surface area contributed by atoms with E-state index in [9.17, 15) is 14.0 Å². The molecule has 0 bridgehead atoms. The first-order chi connectivity index (χ1) is 15.0. The number of rotatable bonds is 6. The summed E-state index contributed by atoms with van der Waals surface area (Å²) in [7, 11) is 0. The van der Waals surface area contributed by atoms with Crippen LogP contribution in [0.5, 0.6) is 5.75 Å². The third-order valence-corrected chi connectivity index (χ3v) is 4.77. The quantitative estimate of drug-likeness (QED) is 0.506. The summed E-state index contributed by atoms with van der Waals surface area (Å²) in [4.78, 5) is 30.2. The number of ether oxygens (including phenoxy) is 1. The molecular formula is C23H20FN3O4. The third kappa shape index (κ3) is 4.18. The van der Waals surface area contributed by atoms with Gasteiger partial charge in [0.1, 0.15) is 29.0 Å². The van der Waals surface area contributed by atoms with Crippen LogP contribution in [0.15, 0.2) is 64.1 Å². The maximum atomic E-state index is 13.2. The number of hydrogen-bond acceptors (Lipinski definition) is 5. The zero-order chi connectivity index (χ0) is 22.0. The molecule has 0 fully saturated rings. The number of amides is 1. The average Bonchev–Trinajstić information content (AvgIpc) is 3.10. The van der Waals surface area contributed by atoms with Crippen molar-refractivity contribution in [3.8, 4) is 5.75 Å². The largest absolute Gasteiger partial charge is 0.494 e. The lowest BCUT2D eigenvalue weighted by Crippen LogP contribution is -2.23. The summed E-state index contributed by atoms with van der Waals surface area (Å²) in [6.07, 6.45) is 1.35. The molecule has 158 valence electrons. The van der Waals surface area contributed by atoms with Gasteiger partial charge < -0.3 is 14.5 Å². The Bertz CT molecular complexity index is 1290. The lowest BCUT2D eigenvalue weighted by atomic mass is 10.1. The molecule has 0 saturated heterocycles. The smallest absolute Gasteiger partial charge is 0.265 e. The number of carbonyl (C=O) groups is 1. The monoisotopic (exact) mass is 421 g/mol. The Hall–Kier alpha value is -3.94. The SMILES string of the molecule is CCOc1ccc(NC(=O)c2c(C)oc3ncn(Cc4ccc(F)cc4)c(=O)c23)cc1. The van der Waals surface area contributed by atoms with Crippen LogP contribution in [-0.4, -0.2) is 22.1 Å². The van der Waals surface area contributed by atoms with Gasteiger partial charge in [-0.1, -0.05) is 12.1 Å². The van der Waals surface area contributed by atoms with Crippen molar-refractivity contribution in [3.63, 3.8) is 0 Å². The summed E-state index contributed by atoms with van der Waals surface area (Å²) in [5.41, 5.74) is 1.09. The fraction of sp³-hybridized carbons (Fsp3) is 0.174. The zero-order valence-electron chi connectivity index (χ0n) is 17.0. The molecule has 2 aromatic heterocycles. The number of hydrogen-bond donors (Lipinski definition) is 1. The maximum absolute atomic E-state index is 13.2. The second-order valence-corrected chi connectivity index (χ2v) is 6.93. The topological polar surface area (TPSA) is 86.4 Å². The molecule has 0 spiro atoms. The van der Waals surface area contributed by atoms with Gasteiger partial charge in [0.2, 0.25) is 5.71 Å². The van der Waals surface area contributed by atoms with Crippen molar-refractivity contribution >= 4 is 22.7 Å². The van der Waals surface area contributed by atoms with Crippen LogP contribution in [0.4, 0.5) is 10.1 Å². The van der Waals surface area contributed by atoms with E-state index in [4.69, 9.17) is 9.15 Å². The summed E-state index contributed by atoms with van der Waals surface area (Å²) in [5.74, 6) is 0.156. The number of furan rings is 1. The van der Waals surface area contributed by atoms with Gasteiger partial charge in [0.15, 0.2) is 0 Å². The van der Waals surface area contributed by atoms with Crippen LogP contribution in [0.1, 0.15) is 28.6 Å². The Morgan fingerprint density at radius 3 is 2.55 bits per heavy atom. The zero-order valence-corrected chi connectivity index (χ0v) is 17.0. The van der Waals surface area contributed by atoms with Crippen molar-refractivity contribution in [1.82, 2.24) is 9.55 Å². The second kappa shape index (κ2) is 8.43. The van der Waals surface area contributed by atoms with Crippen LogP contribution < -0.4 is 15.6 Å². The van der Waals surface area contributed by atoms with Gasteiger partial charge in [-0.25, -0.2) is 9.37 Å². The van der Waals surface area contributed by atoms with Crippen molar-refractivity contribution in [2.75, 3.05) is 11.9 Å². The fourth-order valence-electron chi connectivity index (χ4n) is 3.30. The molecular weight excluding hydrogens is 401 g/mol. The first kappa shape index (κ1) is 20.3. The van der Waals surface area contributed by atoms with Gasteiger partial charge in [-0.3, -0.25) is 14.2 Å². The highest BCUT2D eigenvalue weighted by Gasteiger charge is 2.23. The average molecular weight is 421 g/mol. The maximum Gasteiger partial charge on any atom is 0.265 e. The van der Waals surface area contributed by atoms with Crippen LogP contribution in [-0.2, 0) is 6.54 Å². The van der Waals surface area contributed by atoms with Crippen LogP contribution >= 0.6 is 0 Å². The van der Waals surface area contributed by atoms with E-state index in [0.29, 0.717) is 23.8 Å². The van der Waals surface area contributed by atoms with Crippen LogP contribution in [0.3, 0.4) is 0 Å². The normalized spacial score (nSPS) is 10.9. The molecule has 0 aliphatic heterocycles. The Balaban J connectivity index is 1.66. The molecule has 2 aromatic carbocycles. The Morgan fingerprint density at radius 1 is 1.16 bits per heavy atom. The number of anilines is 1. The highest BCUT2D eigenvalue weighted by Crippen LogP contribution is 2.23. The number of benzene rings is 2. The van der Waals surface area contributed by atoms with Crippen LogP contribution in [0.25, 0.3) is 11.1 Å². The van der Waals surface area contributed by atoms with E-state index < -0.39 is 11.5 Å². The summed E-state index contributed by atoms with van der Waals surface area (Å²) in [5, 5.41) is 2.88. The summed E-state index contributed by atoms with van der Waals surface area (Å²) < 4.78 is 25.5. The molecule has 0 unspecified atom stereocenters. The number of aromatic nitrogens is 2. The van der Waals surface area contributed by atoms with Gasteiger partial charge in [-0.2, -0.15) is 0 Å². The predicted molar refractivity (Wildman–Crippen MR) is 114 cm³/mol. The van der Waals surface area contributed by atoms with Gasteiger partial charge in [-0.15, -0.1) is 0 Å². The van der Waals surface area contributed by atoms with Crippen molar-refractivity contribution in [3.05, 3.63) is 87.9 Å². The second-order valence-electron chi connectivity index (χ2n) is 6.93. The van der Waals surface area contributed by atoms with Crippen LogP contribution in [0.2, 0.25) is 0 Å². The van der Waals surface area contributed by atoms with E-state index in [1.165, 1.54) is 23.0 Å². The third-order valence-electron chi connectivity index (χ3n) is 4.77. The molecule has 4 rings (SSSR count). The predicted octanol–water partition coefficient (Wildman–Crippen LogP) is 4.14. The molecule has 7 nitrogen and oxygen atoms in total. The number of halogens is 1. The summed E-state index contributed by atoms with van der Waals surface area (Å²) in [6, 6.07) is 12.7. The molecule has 0 atom stereocenters. The summed E-state index contributed by atoms with van der Waals surface area (Å²) >= 11 is 0. The molecule has 31 heavy (non-hydrogen) atoms. The van der Waals surface area contributed by atoms with Gasteiger partial charge in [0.05, 0.1) is 18.7 Å². The van der Waals surface area contributed by atoms with Gasteiger partial charge in [0.25, 0.3) is 11.5 Å². The van der Waals surface area contributed by atoms with Gasteiger partial charge in [-0.05, 0) is 55.8 Å². The van der Waals surface area contributed by atoms with E-state index in [-0.39, 0.29) is 29.0 Å². The molecule has 1 amide bonds. The molecule has 1 N–H and O–H groups in total. The number of fused-ring (bicyclic) bond motifs is 1. The highest BCUT2D eigenvalue weighted by atomic mass is 19.1. The van der Waals surface area contributed by atoms with Crippen molar-refractivity contribution in [2.45, 2.75) is 20.4 Å². The van der Waals surface area contributed by atoms with E-state index in [1.807, 2.05) is 6.92 Å². The molecule has 4 aromatic rings. The Labute approximate surface area is 177 Å². The molecule has 0 radical (unpaired) electrons. The fourth-order valence-corrected chi connectivity index (χ4v) is 3.30. The van der Waals surface area contributed by atoms with E-state index in [0.717, 1.165) is 5.56 Å². The van der Waals surface area contributed by atoms with E-state index in [2.05, 4.69) is 10.3 Å². The number of nitrogens with one attached hydrogen (secondary N) is 1. The van der Waals surface area contributed by atoms with E-state index >= 15 is 0 Å². The van der Waals surface area contributed by atoms with Gasteiger partial charge >= 0.3 is 0 Å². The number of aryl methyl sites for hydroxylation is 1. The Morgan fingerprint density at radius 2 is 1.87 bits per heavy atom. The van der Waals surface area contributed by atoms with Gasteiger partial charge in [0, 0.05) is 5.69 Å². The number of nitrogens with zero attached hydrogens (tertiary/aromatic N) is 2. The molecule has 0 saturated carbocycles. The van der Waals surface area contributed by atoms with Crippen molar-refractivity contribution in [1.29, 1.82) is 0 Å². The van der Waals surface area contributed by atoms with Crippen molar-refractivity contribution < 1.29 is 18.3 Å². The van der Waals surface area contributed by atoms with E-state index in [1.54, 1.807) is 43.3 Å². The standard InChI is InChI=1S/C23H20FN3O4/c1-3-30-18-10-8-17(9-11-18)26-21(28)19-14(2)31-22-20(19)23(29)27(13-25-22)12-15-4-6-16(24)7-5-15/h4-11,13H,3,12H2,1-2H3,(H,26,28).